The van der Waals surface area contributed by atoms with E-state index in [4.69, 9.17) is 10.8 Å². The van der Waals surface area contributed by atoms with Gasteiger partial charge in [-0.25, -0.2) is 0 Å². The maximum Gasteiger partial charge on any atom is 0.138 e. The Morgan fingerprint density at radius 2 is 2.17 bits per heavy atom. The van der Waals surface area contributed by atoms with E-state index in [0.717, 1.165) is 5.56 Å². The van der Waals surface area contributed by atoms with E-state index < -0.39 is 0 Å². The second kappa shape index (κ2) is 3.45. The Morgan fingerprint density at radius 3 is 2.67 bits per heavy atom. The molecule has 0 spiro atoms. The molecule has 0 saturated heterocycles. The monoisotopic (exact) mass is 167 g/mol. The van der Waals surface area contributed by atoms with Crippen LogP contribution in [0.25, 0.3) is 0 Å². The second-order valence-corrected chi connectivity index (χ2v) is 2.90. The van der Waals surface area contributed by atoms with E-state index in [2.05, 4.69) is 0 Å². The molecule has 0 aliphatic carbocycles. The number of aliphatic hydroxyl groups excluding tert-OH is 1. The van der Waals surface area contributed by atoms with Gasteiger partial charge in [0.25, 0.3) is 0 Å². The summed E-state index contributed by atoms with van der Waals surface area (Å²) in [5.41, 5.74) is 6.68. The van der Waals surface area contributed by atoms with Crippen molar-refractivity contribution in [1.82, 2.24) is 0 Å². The Kier molecular flexibility index (Phi) is 2.55. The number of benzene rings is 1. The summed E-state index contributed by atoms with van der Waals surface area (Å²) >= 11 is 0. The fraction of sp³-hybridized carbons (Fsp3) is 0.333. The molecule has 0 aliphatic rings. The molecule has 0 heterocycles. The fourth-order valence-corrected chi connectivity index (χ4v) is 0.973. The molecule has 3 nitrogen and oxygen atoms in total. The minimum atomic E-state index is 0.0384. The van der Waals surface area contributed by atoms with Gasteiger partial charge in [-0.1, -0.05) is 13.0 Å². The van der Waals surface area contributed by atoms with Crippen LogP contribution in [0.4, 0.5) is 5.69 Å². The lowest BCUT2D eigenvalue weighted by Crippen LogP contribution is -1.99. The average Bonchev–Trinajstić information content (AvgIpc) is 2.08. The molecule has 1 atom stereocenters. The zero-order valence-corrected chi connectivity index (χ0v) is 6.99. The summed E-state index contributed by atoms with van der Waals surface area (Å²) in [6, 6.07) is 5.02. The van der Waals surface area contributed by atoms with Gasteiger partial charge in [-0.05, 0) is 17.7 Å². The summed E-state index contributed by atoms with van der Waals surface area (Å²) in [7, 11) is 0. The van der Waals surface area contributed by atoms with Crippen molar-refractivity contribution in [2.24, 2.45) is 0 Å². The first-order valence-corrected chi connectivity index (χ1v) is 3.84. The maximum absolute atomic E-state index is 9.24. The third kappa shape index (κ3) is 1.68. The number of phenolic OH excluding ortho intramolecular Hbond substituents is 1. The first kappa shape index (κ1) is 8.87. The molecule has 0 aromatic heterocycles. The van der Waals surface area contributed by atoms with E-state index in [9.17, 15) is 5.11 Å². The molecule has 0 amide bonds. The SMILES string of the molecule is CC(CO)c1ccc(N)c(O)c1. The Bertz CT molecular complexity index is 273. The first-order chi connectivity index (χ1) is 5.65. The molecule has 1 aromatic rings. The van der Waals surface area contributed by atoms with E-state index in [-0.39, 0.29) is 18.3 Å². The third-order valence-corrected chi connectivity index (χ3v) is 1.90. The van der Waals surface area contributed by atoms with Gasteiger partial charge >= 0.3 is 0 Å². The maximum atomic E-state index is 9.24. The largest absolute Gasteiger partial charge is 0.506 e. The highest BCUT2D eigenvalue weighted by molar-refractivity contribution is 5.53. The van der Waals surface area contributed by atoms with Crippen molar-refractivity contribution in [2.45, 2.75) is 12.8 Å². The number of hydrogen-bond donors (Lipinski definition) is 3. The van der Waals surface area contributed by atoms with Crippen LogP contribution in [0.1, 0.15) is 18.4 Å². The first-order valence-electron chi connectivity index (χ1n) is 3.84. The molecule has 1 unspecified atom stereocenters. The number of anilines is 1. The normalized spacial score (nSPS) is 12.8. The van der Waals surface area contributed by atoms with Crippen LogP contribution in [0.3, 0.4) is 0 Å². The molecule has 0 fully saturated rings. The van der Waals surface area contributed by atoms with Gasteiger partial charge in [0.15, 0.2) is 0 Å². The van der Waals surface area contributed by atoms with Crippen LogP contribution in [-0.2, 0) is 0 Å². The molecule has 0 saturated carbocycles. The highest BCUT2D eigenvalue weighted by Gasteiger charge is 2.05. The molecular weight excluding hydrogens is 154 g/mol. The zero-order chi connectivity index (χ0) is 9.14. The number of nitrogen functional groups attached to an aromatic ring is 1. The van der Waals surface area contributed by atoms with Crippen LogP contribution in [-0.4, -0.2) is 16.8 Å². The van der Waals surface area contributed by atoms with Crippen molar-refractivity contribution in [2.75, 3.05) is 12.3 Å². The molecule has 0 bridgehead atoms. The number of rotatable bonds is 2. The third-order valence-electron chi connectivity index (χ3n) is 1.90. The summed E-state index contributed by atoms with van der Waals surface area (Å²) in [5.74, 6) is 0.115. The van der Waals surface area contributed by atoms with Crippen molar-refractivity contribution in [3.05, 3.63) is 23.8 Å². The summed E-state index contributed by atoms with van der Waals surface area (Å²) in [5, 5.41) is 18.1. The van der Waals surface area contributed by atoms with Gasteiger partial charge in [0.1, 0.15) is 5.75 Å². The predicted molar refractivity (Wildman–Crippen MR) is 48.0 cm³/mol. The van der Waals surface area contributed by atoms with Crippen LogP contribution < -0.4 is 5.73 Å². The molecule has 4 N–H and O–H groups in total. The molecule has 0 radical (unpaired) electrons. The number of aromatic hydroxyl groups is 1. The van der Waals surface area contributed by atoms with Crippen LogP contribution in [0.5, 0.6) is 5.75 Å². The summed E-state index contributed by atoms with van der Waals surface area (Å²) in [6.45, 7) is 1.95. The fourth-order valence-electron chi connectivity index (χ4n) is 0.973. The Morgan fingerprint density at radius 1 is 1.50 bits per heavy atom. The van der Waals surface area contributed by atoms with E-state index in [1.807, 2.05) is 6.92 Å². The van der Waals surface area contributed by atoms with Crippen molar-refractivity contribution in [3.8, 4) is 5.75 Å². The van der Waals surface area contributed by atoms with Crippen molar-refractivity contribution in [1.29, 1.82) is 0 Å². The average molecular weight is 167 g/mol. The van der Waals surface area contributed by atoms with Crippen molar-refractivity contribution in [3.63, 3.8) is 0 Å². The molecule has 12 heavy (non-hydrogen) atoms. The van der Waals surface area contributed by atoms with Gasteiger partial charge in [-0.3, -0.25) is 0 Å². The van der Waals surface area contributed by atoms with Crippen molar-refractivity contribution < 1.29 is 10.2 Å². The number of phenols is 1. The quantitative estimate of drug-likeness (QED) is 0.456. The van der Waals surface area contributed by atoms with E-state index in [0.29, 0.717) is 5.69 Å². The molecule has 3 heteroatoms. The topological polar surface area (TPSA) is 66.5 Å². The summed E-state index contributed by atoms with van der Waals surface area (Å²) < 4.78 is 0. The van der Waals surface area contributed by atoms with Gasteiger partial charge in [0.2, 0.25) is 0 Å². The summed E-state index contributed by atoms with van der Waals surface area (Å²) in [6.07, 6.45) is 0. The van der Waals surface area contributed by atoms with E-state index >= 15 is 0 Å². The Balaban J connectivity index is 2.96. The molecule has 1 rings (SSSR count). The van der Waals surface area contributed by atoms with Gasteiger partial charge < -0.3 is 15.9 Å². The van der Waals surface area contributed by atoms with E-state index in [1.165, 1.54) is 0 Å². The minimum absolute atomic E-state index is 0.0384. The zero-order valence-electron chi connectivity index (χ0n) is 6.99. The van der Waals surface area contributed by atoms with Crippen molar-refractivity contribution >= 4 is 5.69 Å². The molecular formula is C9H13NO2. The number of hydrogen-bond acceptors (Lipinski definition) is 3. The Labute approximate surface area is 71.5 Å². The highest BCUT2D eigenvalue weighted by Crippen LogP contribution is 2.24. The lowest BCUT2D eigenvalue weighted by atomic mass is 10.0. The predicted octanol–water partition coefficient (Wildman–Crippen LogP) is 1.07. The van der Waals surface area contributed by atoms with Crippen LogP contribution in [0.15, 0.2) is 18.2 Å². The van der Waals surface area contributed by atoms with Gasteiger partial charge in [0.05, 0.1) is 5.69 Å². The number of aliphatic hydroxyl groups is 1. The molecule has 66 valence electrons. The lowest BCUT2D eigenvalue weighted by Gasteiger charge is -2.08. The minimum Gasteiger partial charge on any atom is -0.506 e. The molecule has 1 aromatic carbocycles. The summed E-state index contributed by atoms with van der Waals surface area (Å²) in [4.78, 5) is 0. The van der Waals surface area contributed by atoms with Gasteiger partial charge in [0, 0.05) is 12.5 Å². The van der Waals surface area contributed by atoms with Gasteiger partial charge in [-0.15, -0.1) is 0 Å². The van der Waals surface area contributed by atoms with Gasteiger partial charge in [-0.2, -0.15) is 0 Å². The smallest absolute Gasteiger partial charge is 0.138 e. The molecule has 0 aliphatic heterocycles. The second-order valence-electron chi connectivity index (χ2n) is 2.90. The van der Waals surface area contributed by atoms with Crippen LogP contribution >= 0.6 is 0 Å². The lowest BCUT2D eigenvalue weighted by molar-refractivity contribution is 0.273. The number of nitrogens with two attached hydrogens (primary N) is 1. The Hall–Kier alpha value is -1.22. The highest BCUT2D eigenvalue weighted by atomic mass is 16.3. The van der Waals surface area contributed by atoms with E-state index in [1.54, 1.807) is 18.2 Å². The van der Waals surface area contributed by atoms with Crippen LogP contribution in [0, 0.1) is 0 Å². The van der Waals surface area contributed by atoms with Crippen LogP contribution in [0.2, 0.25) is 0 Å². The standard InChI is InChI=1S/C9H13NO2/c1-6(5-11)7-2-3-8(10)9(12)4-7/h2-4,6,11-12H,5,10H2,1H3.